The molecule has 1 aromatic rings. The molecule has 1 saturated heterocycles. The van der Waals surface area contributed by atoms with E-state index in [9.17, 15) is 5.11 Å². The lowest BCUT2D eigenvalue weighted by atomic mass is 10.1. The molecule has 1 N–H and O–H groups in total. The van der Waals surface area contributed by atoms with Crippen LogP contribution in [0.4, 0.5) is 0 Å². The molecular weight excluding hydrogens is 260 g/mol. The van der Waals surface area contributed by atoms with Crippen LogP contribution in [0.15, 0.2) is 24.3 Å². The van der Waals surface area contributed by atoms with E-state index in [4.69, 9.17) is 0 Å². The van der Waals surface area contributed by atoms with Gasteiger partial charge in [-0.25, -0.2) is 0 Å². The summed E-state index contributed by atoms with van der Waals surface area (Å²) in [5.74, 6) is 0.765. The molecule has 1 aliphatic heterocycles. The van der Waals surface area contributed by atoms with E-state index in [0.29, 0.717) is 6.04 Å². The van der Waals surface area contributed by atoms with E-state index in [1.54, 1.807) is 0 Å². The summed E-state index contributed by atoms with van der Waals surface area (Å²) >= 11 is 0. The van der Waals surface area contributed by atoms with Gasteiger partial charge in [-0.15, -0.1) is 0 Å². The van der Waals surface area contributed by atoms with Crippen LogP contribution >= 0.6 is 0 Å². The van der Waals surface area contributed by atoms with Crippen molar-refractivity contribution in [3.05, 3.63) is 35.4 Å². The van der Waals surface area contributed by atoms with Gasteiger partial charge in [0.15, 0.2) is 0 Å². The Bertz CT molecular complexity index is 472. The van der Waals surface area contributed by atoms with Crippen molar-refractivity contribution >= 4 is 0 Å². The van der Waals surface area contributed by atoms with Gasteiger partial charge in [0.2, 0.25) is 0 Å². The van der Waals surface area contributed by atoms with E-state index in [-0.39, 0.29) is 6.10 Å². The molecule has 0 spiro atoms. The van der Waals surface area contributed by atoms with Gasteiger partial charge in [0.25, 0.3) is 0 Å². The molecule has 1 aliphatic carbocycles. The fraction of sp³-hybridized carbons (Fsp3) is 0.667. The number of aliphatic hydroxyl groups is 1. The first-order chi connectivity index (χ1) is 10.2. The van der Waals surface area contributed by atoms with Crippen LogP contribution in [0.5, 0.6) is 0 Å². The van der Waals surface area contributed by atoms with Crippen molar-refractivity contribution in [2.45, 2.75) is 38.8 Å². The van der Waals surface area contributed by atoms with Crippen LogP contribution in [0.2, 0.25) is 0 Å². The SMILES string of the molecule is CCN(CC)CC1CCN(C2Cc3ccccc3C2O)C1. The van der Waals surface area contributed by atoms with E-state index in [1.165, 1.54) is 18.5 Å². The molecular formula is C18H28N2O. The normalized spacial score (nSPS) is 29.2. The molecule has 1 aromatic carbocycles. The molecule has 3 atom stereocenters. The summed E-state index contributed by atoms with van der Waals surface area (Å²) in [4.78, 5) is 5.05. The first-order valence-electron chi connectivity index (χ1n) is 8.45. The molecule has 2 aliphatic rings. The fourth-order valence-corrected chi connectivity index (χ4v) is 4.04. The van der Waals surface area contributed by atoms with Crippen molar-refractivity contribution in [3.8, 4) is 0 Å². The van der Waals surface area contributed by atoms with Crippen LogP contribution in [0, 0.1) is 5.92 Å². The molecule has 1 heterocycles. The van der Waals surface area contributed by atoms with E-state index in [0.717, 1.165) is 44.1 Å². The van der Waals surface area contributed by atoms with Crippen molar-refractivity contribution < 1.29 is 5.11 Å². The standard InChI is InChI=1S/C18H28N2O/c1-3-19(4-2)12-14-9-10-20(13-14)17-11-15-7-5-6-8-16(15)18(17)21/h5-8,14,17-18,21H,3-4,9-13H2,1-2H3. The fourth-order valence-electron chi connectivity index (χ4n) is 4.04. The second-order valence-electron chi connectivity index (χ2n) is 6.55. The number of hydrogen-bond acceptors (Lipinski definition) is 3. The smallest absolute Gasteiger partial charge is 0.0951 e. The van der Waals surface area contributed by atoms with Crippen molar-refractivity contribution in [3.63, 3.8) is 0 Å². The molecule has 0 saturated carbocycles. The van der Waals surface area contributed by atoms with Crippen LogP contribution in [-0.2, 0) is 6.42 Å². The summed E-state index contributed by atoms with van der Waals surface area (Å²) < 4.78 is 0. The van der Waals surface area contributed by atoms with Gasteiger partial charge in [0, 0.05) is 19.1 Å². The Morgan fingerprint density at radius 2 is 2.00 bits per heavy atom. The van der Waals surface area contributed by atoms with Crippen molar-refractivity contribution in [2.75, 3.05) is 32.7 Å². The number of likely N-dealkylation sites (tertiary alicyclic amines) is 1. The molecule has 21 heavy (non-hydrogen) atoms. The van der Waals surface area contributed by atoms with E-state index < -0.39 is 0 Å². The second kappa shape index (κ2) is 6.47. The molecule has 3 nitrogen and oxygen atoms in total. The highest BCUT2D eigenvalue weighted by molar-refractivity contribution is 5.36. The van der Waals surface area contributed by atoms with Crippen LogP contribution in [-0.4, -0.2) is 53.7 Å². The molecule has 0 radical (unpaired) electrons. The highest BCUT2D eigenvalue weighted by atomic mass is 16.3. The van der Waals surface area contributed by atoms with E-state index in [2.05, 4.69) is 41.8 Å². The topological polar surface area (TPSA) is 26.7 Å². The van der Waals surface area contributed by atoms with Gasteiger partial charge in [-0.1, -0.05) is 38.1 Å². The van der Waals surface area contributed by atoms with Crippen LogP contribution < -0.4 is 0 Å². The van der Waals surface area contributed by atoms with Gasteiger partial charge in [0.05, 0.1) is 6.10 Å². The maximum absolute atomic E-state index is 10.6. The number of benzene rings is 1. The summed E-state index contributed by atoms with van der Waals surface area (Å²) in [6.07, 6.45) is 1.99. The Hall–Kier alpha value is -0.900. The van der Waals surface area contributed by atoms with Crippen molar-refractivity contribution in [1.82, 2.24) is 9.80 Å². The molecule has 0 amide bonds. The minimum Gasteiger partial charge on any atom is -0.387 e. The number of nitrogens with zero attached hydrogens (tertiary/aromatic N) is 2. The summed E-state index contributed by atoms with van der Waals surface area (Å²) in [6.45, 7) is 10.3. The Kier molecular flexibility index (Phi) is 4.63. The number of fused-ring (bicyclic) bond motifs is 1. The highest BCUT2D eigenvalue weighted by Gasteiger charge is 2.38. The van der Waals surface area contributed by atoms with Gasteiger partial charge >= 0.3 is 0 Å². The van der Waals surface area contributed by atoms with Gasteiger partial charge in [-0.05, 0) is 49.5 Å². The average molecular weight is 288 g/mol. The van der Waals surface area contributed by atoms with Crippen LogP contribution in [0.1, 0.15) is 37.5 Å². The lowest BCUT2D eigenvalue weighted by Gasteiger charge is -2.28. The third kappa shape index (κ3) is 3.01. The quantitative estimate of drug-likeness (QED) is 0.900. The largest absolute Gasteiger partial charge is 0.387 e. The lowest BCUT2D eigenvalue weighted by Crippen LogP contribution is -2.38. The minimum atomic E-state index is -0.298. The van der Waals surface area contributed by atoms with E-state index >= 15 is 0 Å². The average Bonchev–Trinajstić information content (AvgIpc) is 3.10. The zero-order chi connectivity index (χ0) is 14.8. The summed E-state index contributed by atoms with van der Waals surface area (Å²) in [7, 11) is 0. The van der Waals surface area contributed by atoms with Crippen molar-refractivity contribution in [2.24, 2.45) is 5.92 Å². The number of aliphatic hydroxyl groups excluding tert-OH is 1. The third-order valence-electron chi connectivity index (χ3n) is 5.36. The Morgan fingerprint density at radius 1 is 1.24 bits per heavy atom. The summed E-state index contributed by atoms with van der Waals surface area (Å²) in [5.41, 5.74) is 2.48. The first-order valence-corrected chi connectivity index (χ1v) is 8.45. The van der Waals surface area contributed by atoms with Gasteiger partial charge in [-0.2, -0.15) is 0 Å². The Balaban J connectivity index is 1.60. The Labute approximate surface area is 128 Å². The number of rotatable bonds is 5. The molecule has 116 valence electrons. The molecule has 3 heteroatoms. The minimum absolute atomic E-state index is 0.295. The van der Waals surface area contributed by atoms with Crippen LogP contribution in [0.25, 0.3) is 0 Å². The number of hydrogen-bond donors (Lipinski definition) is 1. The third-order valence-corrected chi connectivity index (χ3v) is 5.36. The van der Waals surface area contributed by atoms with Gasteiger partial charge < -0.3 is 10.0 Å². The van der Waals surface area contributed by atoms with Gasteiger partial charge in [-0.3, -0.25) is 4.90 Å². The monoisotopic (exact) mass is 288 g/mol. The lowest BCUT2D eigenvalue weighted by molar-refractivity contribution is 0.0715. The molecule has 0 bridgehead atoms. The molecule has 3 unspecified atom stereocenters. The maximum atomic E-state index is 10.6. The predicted molar refractivity (Wildman–Crippen MR) is 86.4 cm³/mol. The highest BCUT2D eigenvalue weighted by Crippen LogP contribution is 2.36. The first kappa shape index (κ1) is 15.0. The summed E-state index contributed by atoms with van der Waals surface area (Å²) in [5, 5.41) is 10.6. The molecule has 1 fully saturated rings. The maximum Gasteiger partial charge on any atom is 0.0951 e. The van der Waals surface area contributed by atoms with E-state index in [1.807, 2.05) is 6.07 Å². The van der Waals surface area contributed by atoms with Gasteiger partial charge in [0.1, 0.15) is 0 Å². The Morgan fingerprint density at radius 3 is 2.71 bits per heavy atom. The molecule has 0 aromatic heterocycles. The zero-order valence-corrected chi connectivity index (χ0v) is 13.3. The van der Waals surface area contributed by atoms with Crippen molar-refractivity contribution in [1.29, 1.82) is 0 Å². The predicted octanol–water partition coefficient (Wildman–Crippen LogP) is 2.31. The molecule has 3 rings (SSSR count). The van der Waals surface area contributed by atoms with Crippen LogP contribution in [0.3, 0.4) is 0 Å². The summed E-state index contributed by atoms with van der Waals surface area (Å²) in [6, 6.07) is 8.67. The second-order valence-corrected chi connectivity index (χ2v) is 6.55. The zero-order valence-electron chi connectivity index (χ0n) is 13.3.